The summed E-state index contributed by atoms with van der Waals surface area (Å²) in [5.74, 6) is -0.0793. The third kappa shape index (κ3) is 1.76. The van der Waals surface area contributed by atoms with Crippen LogP contribution in [0.2, 0.25) is 0 Å². The van der Waals surface area contributed by atoms with Gasteiger partial charge in [0.15, 0.2) is 0 Å². The summed E-state index contributed by atoms with van der Waals surface area (Å²) in [7, 11) is 1.30. The van der Waals surface area contributed by atoms with Crippen LogP contribution in [-0.4, -0.2) is 30.9 Å². The van der Waals surface area contributed by atoms with Crippen LogP contribution in [0.4, 0.5) is 0 Å². The van der Waals surface area contributed by atoms with E-state index in [0.29, 0.717) is 5.76 Å². The van der Waals surface area contributed by atoms with E-state index in [0.717, 1.165) is 0 Å². The number of hydrogen-bond acceptors (Lipinski definition) is 4. The molecule has 1 aliphatic heterocycles. The lowest BCUT2D eigenvalue weighted by Crippen LogP contribution is -2.13. The van der Waals surface area contributed by atoms with Gasteiger partial charge in [-0.25, -0.2) is 4.79 Å². The molecule has 2 atom stereocenters. The summed E-state index contributed by atoms with van der Waals surface area (Å²) in [6, 6.07) is 0. The van der Waals surface area contributed by atoms with Crippen molar-refractivity contribution in [1.29, 1.82) is 0 Å². The second-order valence-electron chi connectivity index (χ2n) is 2.74. The smallest absolute Gasteiger partial charge is 0.333 e. The number of aliphatic hydroxyl groups is 1. The molecule has 12 heavy (non-hydrogen) atoms. The summed E-state index contributed by atoms with van der Waals surface area (Å²) in [6.07, 6.45) is 0.752. The predicted octanol–water partition coefficient (Wildman–Crippen LogP) is 0.0705. The maximum Gasteiger partial charge on any atom is 0.333 e. The van der Waals surface area contributed by atoms with Crippen LogP contribution in [-0.2, 0) is 14.3 Å². The van der Waals surface area contributed by atoms with Gasteiger partial charge in [-0.1, -0.05) is 6.92 Å². The van der Waals surface area contributed by atoms with E-state index >= 15 is 0 Å². The van der Waals surface area contributed by atoms with Crippen molar-refractivity contribution in [3.05, 3.63) is 11.8 Å². The van der Waals surface area contributed by atoms with Crippen LogP contribution < -0.4 is 0 Å². The van der Waals surface area contributed by atoms with Crippen molar-refractivity contribution in [1.82, 2.24) is 0 Å². The molecule has 0 saturated carbocycles. The van der Waals surface area contributed by atoms with Gasteiger partial charge in [0.1, 0.15) is 12.4 Å². The monoisotopic (exact) mass is 172 g/mol. The zero-order valence-corrected chi connectivity index (χ0v) is 7.11. The van der Waals surface area contributed by atoms with Crippen molar-refractivity contribution in [2.24, 2.45) is 5.92 Å². The minimum absolute atomic E-state index is 0.121. The number of ether oxygens (including phenoxy) is 2. The van der Waals surface area contributed by atoms with E-state index in [1.165, 1.54) is 13.2 Å². The number of carbonyl (C=O) groups is 1. The lowest BCUT2D eigenvalue weighted by Gasteiger charge is -2.04. The fourth-order valence-corrected chi connectivity index (χ4v) is 0.995. The highest BCUT2D eigenvalue weighted by Gasteiger charge is 2.28. The molecule has 0 aliphatic carbocycles. The highest BCUT2D eigenvalue weighted by molar-refractivity contribution is 5.82. The molecule has 4 heteroatoms. The molecule has 1 aliphatic rings. The summed E-state index contributed by atoms with van der Waals surface area (Å²) in [5, 5.41) is 9.24. The number of methoxy groups -OCH3 is 1. The molecule has 0 unspecified atom stereocenters. The van der Waals surface area contributed by atoms with E-state index in [2.05, 4.69) is 4.74 Å². The number of aliphatic hydroxyl groups excluding tert-OH is 1. The number of rotatable bonds is 1. The summed E-state index contributed by atoms with van der Waals surface area (Å²) in [4.78, 5) is 10.8. The van der Waals surface area contributed by atoms with Gasteiger partial charge in [-0.2, -0.15) is 0 Å². The zero-order chi connectivity index (χ0) is 9.14. The van der Waals surface area contributed by atoms with Gasteiger partial charge in [0.05, 0.1) is 19.3 Å². The molecular weight excluding hydrogens is 160 g/mol. The molecule has 0 amide bonds. The van der Waals surface area contributed by atoms with Crippen molar-refractivity contribution < 1.29 is 19.4 Å². The van der Waals surface area contributed by atoms with Crippen LogP contribution in [0.5, 0.6) is 0 Å². The average Bonchev–Trinajstić information content (AvgIpc) is 2.36. The van der Waals surface area contributed by atoms with Crippen molar-refractivity contribution in [2.45, 2.75) is 13.0 Å². The Hall–Kier alpha value is -1.03. The largest absolute Gasteiger partial charge is 0.495 e. The molecule has 1 saturated heterocycles. The summed E-state index contributed by atoms with van der Waals surface area (Å²) < 4.78 is 9.48. The standard InChI is InChI=1S/C8H12O4/c1-5-6(9)4-12-7(5)3-8(10)11-2/h3,5-6,9H,4H2,1-2H3/b7-3+/t5-,6+/m0/s1. The number of hydrogen-bond donors (Lipinski definition) is 1. The Balaban J connectivity index is 2.64. The Morgan fingerprint density at radius 1 is 1.83 bits per heavy atom. The Bertz CT molecular complexity index is 209. The lowest BCUT2D eigenvalue weighted by molar-refractivity contribution is -0.135. The van der Waals surface area contributed by atoms with E-state index in [-0.39, 0.29) is 12.5 Å². The first-order valence-electron chi connectivity index (χ1n) is 3.75. The Morgan fingerprint density at radius 2 is 2.50 bits per heavy atom. The second kappa shape index (κ2) is 3.58. The van der Waals surface area contributed by atoms with Crippen molar-refractivity contribution in [3.63, 3.8) is 0 Å². The SMILES string of the molecule is COC(=O)/C=C1/OC[C@@H](O)[C@@H]1C. The van der Waals surface area contributed by atoms with Crippen LogP contribution in [0, 0.1) is 5.92 Å². The Labute approximate surface area is 70.8 Å². The Kier molecular flexibility index (Phi) is 2.70. The van der Waals surface area contributed by atoms with Crippen LogP contribution in [0.15, 0.2) is 11.8 Å². The molecule has 1 N–H and O–H groups in total. The van der Waals surface area contributed by atoms with Gasteiger partial charge >= 0.3 is 5.97 Å². The molecule has 1 heterocycles. The van der Waals surface area contributed by atoms with E-state index in [9.17, 15) is 9.90 Å². The fraction of sp³-hybridized carbons (Fsp3) is 0.625. The molecule has 0 aromatic rings. The second-order valence-corrected chi connectivity index (χ2v) is 2.74. The molecule has 68 valence electrons. The minimum Gasteiger partial charge on any atom is -0.495 e. The highest BCUT2D eigenvalue weighted by atomic mass is 16.5. The van der Waals surface area contributed by atoms with Crippen molar-refractivity contribution in [3.8, 4) is 0 Å². The predicted molar refractivity (Wildman–Crippen MR) is 41.2 cm³/mol. The van der Waals surface area contributed by atoms with Gasteiger partial charge in [-0.3, -0.25) is 0 Å². The molecule has 0 radical (unpaired) electrons. The third-order valence-corrected chi connectivity index (χ3v) is 1.91. The first kappa shape index (κ1) is 9.06. The maximum absolute atomic E-state index is 10.8. The molecule has 0 aromatic heterocycles. The van der Waals surface area contributed by atoms with E-state index in [1.54, 1.807) is 6.92 Å². The quantitative estimate of drug-likeness (QED) is 0.449. The number of esters is 1. The third-order valence-electron chi connectivity index (χ3n) is 1.91. The van der Waals surface area contributed by atoms with Gasteiger partial charge in [0.2, 0.25) is 0 Å². The van der Waals surface area contributed by atoms with Gasteiger partial charge in [0, 0.05) is 5.92 Å². The number of carbonyl (C=O) groups excluding carboxylic acids is 1. The summed E-state index contributed by atoms with van der Waals surface area (Å²) in [6.45, 7) is 2.05. The maximum atomic E-state index is 10.8. The molecule has 1 rings (SSSR count). The van der Waals surface area contributed by atoms with Crippen LogP contribution >= 0.6 is 0 Å². The van der Waals surface area contributed by atoms with Gasteiger partial charge in [-0.15, -0.1) is 0 Å². The Morgan fingerprint density at radius 3 is 2.92 bits per heavy atom. The normalized spacial score (nSPS) is 31.8. The first-order valence-corrected chi connectivity index (χ1v) is 3.75. The molecule has 0 bridgehead atoms. The molecule has 0 spiro atoms. The van der Waals surface area contributed by atoms with Crippen LogP contribution in [0.25, 0.3) is 0 Å². The van der Waals surface area contributed by atoms with Crippen molar-refractivity contribution in [2.75, 3.05) is 13.7 Å². The molecule has 4 nitrogen and oxygen atoms in total. The van der Waals surface area contributed by atoms with Gasteiger partial charge < -0.3 is 14.6 Å². The lowest BCUT2D eigenvalue weighted by atomic mass is 10.1. The van der Waals surface area contributed by atoms with E-state index in [1.807, 2.05) is 0 Å². The van der Waals surface area contributed by atoms with E-state index < -0.39 is 12.1 Å². The van der Waals surface area contributed by atoms with Crippen LogP contribution in [0.3, 0.4) is 0 Å². The van der Waals surface area contributed by atoms with Crippen LogP contribution in [0.1, 0.15) is 6.92 Å². The van der Waals surface area contributed by atoms with Crippen molar-refractivity contribution >= 4 is 5.97 Å². The molecule has 1 fully saturated rings. The van der Waals surface area contributed by atoms with E-state index in [4.69, 9.17) is 4.74 Å². The molecule has 0 aromatic carbocycles. The van der Waals surface area contributed by atoms with Gasteiger partial charge in [-0.05, 0) is 0 Å². The summed E-state index contributed by atoms with van der Waals surface area (Å²) >= 11 is 0. The minimum atomic E-state index is -0.513. The fourth-order valence-electron chi connectivity index (χ4n) is 0.995. The van der Waals surface area contributed by atoms with Gasteiger partial charge in [0.25, 0.3) is 0 Å². The highest BCUT2D eigenvalue weighted by Crippen LogP contribution is 2.24. The average molecular weight is 172 g/mol. The topological polar surface area (TPSA) is 55.8 Å². The summed E-state index contributed by atoms with van der Waals surface area (Å²) in [5.41, 5.74) is 0. The zero-order valence-electron chi connectivity index (χ0n) is 7.11. The first-order chi connectivity index (χ1) is 5.65. The molecular formula is C8H12O4.